The Balaban J connectivity index is 1.49. The van der Waals surface area contributed by atoms with E-state index in [1.54, 1.807) is 0 Å². The number of fused-ring (bicyclic) bond motifs is 1. The Morgan fingerprint density at radius 3 is 2.56 bits per heavy atom. The first-order chi connectivity index (χ1) is 15.3. The van der Waals surface area contributed by atoms with Crippen molar-refractivity contribution in [2.45, 2.75) is 65.5 Å². The molecule has 2 aliphatic rings. The van der Waals surface area contributed by atoms with Crippen LogP contribution in [0.4, 0.5) is 0 Å². The quantitative estimate of drug-likeness (QED) is 0.745. The molecular weight excluding hydrogens is 406 g/mol. The van der Waals surface area contributed by atoms with Crippen molar-refractivity contribution in [1.29, 1.82) is 0 Å². The molecule has 2 unspecified atom stereocenters. The van der Waals surface area contributed by atoms with Gasteiger partial charge in [0.25, 0.3) is 5.91 Å². The van der Waals surface area contributed by atoms with Gasteiger partial charge in [0, 0.05) is 41.1 Å². The second kappa shape index (κ2) is 9.27. The number of aryl methyl sites for hydroxylation is 1. The van der Waals surface area contributed by atoms with Crippen molar-refractivity contribution < 1.29 is 19.1 Å². The van der Waals surface area contributed by atoms with Crippen molar-refractivity contribution in [3.63, 3.8) is 0 Å². The van der Waals surface area contributed by atoms with Crippen LogP contribution in [0.3, 0.4) is 0 Å². The lowest BCUT2D eigenvalue weighted by Gasteiger charge is -2.29. The summed E-state index contributed by atoms with van der Waals surface area (Å²) in [6.45, 7) is 8.98. The third-order valence-electron chi connectivity index (χ3n) is 6.27. The lowest BCUT2D eigenvalue weighted by Crippen LogP contribution is -2.43. The molecule has 0 radical (unpaired) electrons. The van der Waals surface area contributed by atoms with Crippen LogP contribution in [-0.4, -0.2) is 41.7 Å². The lowest BCUT2D eigenvalue weighted by atomic mass is 9.85. The third kappa shape index (κ3) is 4.61. The lowest BCUT2D eigenvalue weighted by molar-refractivity contribution is -0.126. The van der Waals surface area contributed by atoms with E-state index in [0.29, 0.717) is 25.2 Å². The van der Waals surface area contributed by atoms with Crippen LogP contribution in [-0.2, 0) is 4.79 Å². The summed E-state index contributed by atoms with van der Waals surface area (Å²) < 4.78 is 13.4. The normalized spacial score (nSPS) is 20.2. The first-order valence-electron chi connectivity index (χ1n) is 11.5. The summed E-state index contributed by atoms with van der Waals surface area (Å²) in [4.78, 5) is 25.6. The average molecular weight is 440 g/mol. The van der Waals surface area contributed by atoms with E-state index in [1.807, 2.05) is 52.0 Å². The monoisotopic (exact) mass is 439 g/mol. The van der Waals surface area contributed by atoms with Crippen LogP contribution in [0, 0.1) is 19.8 Å². The maximum atomic E-state index is 13.1. The standard InChI is InChI=1S/C25H33N3O4/c1-15(2)26-24(29)18-6-5-7-19(13-18)27-25(30)21-12-16(3)28(17(21)4)20-8-9-22-23(14-20)32-11-10-31-22/h8-9,12,14-15,18-19H,5-7,10-11,13H2,1-4H3,(H,26,29)(H,27,30). The van der Waals surface area contributed by atoms with E-state index in [-0.39, 0.29) is 29.8 Å². The van der Waals surface area contributed by atoms with Gasteiger partial charge < -0.3 is 24.7 Å². The van der Waals surface area contributed by atoms with E-state index >= 15 is 0 Å². The maximum Gasteiger partial charge on any atom is 0.253 e. The van der Waals surface area contributed by atoms with E-state index in [9.17, 15) is 9.59 Å². The van der Waals surface area contributed by atoms with Crippen LogP contribution in [0.15, 0.2) is 24.3 Å². The third-order valence-corrected chi connectivity index (χ3v) is 6.27. The van der Waals surface area contributed by atoms with Gasteiger partial charge in [-0.1, -0.05) is 6.42 Å². The SMILES string of the molecule is Cc1cc(C(=O)NC2CCCC(C(=O)NC(C)C)C2)c(C)n1-c1ccc2c(c1)OCCO2. The molecule has 7 nitrogen and oxygen atoms in total. The van der Waals surface area contributed by atoms with Crippen molar-refractivity contribution in [3.05, 3.63) is 41.2 Å². The molecule has 1 aliphatic heterocycles. The molecule has 0 bridgehead atoms. The molecular formula is C25H33N3O4. The highest BCUT2D eigenvalue weighted by molar-refractivity contribution is 5.96. The fourth-order valence-corrected chi connectivity index (χ4v) is 4.79. The first kappa shape index (κ1) is 22.2. The minimum absolute atomic E-state index is 0.0107. The van der Waals surface area contributed by atoms with E-state index in [1.165, 1.54) is 0 Å². The molecule has 2 aromatic rings. The first-order valence-corrected chi connectivity index (χ1v) is 11.5. The zero-order chi connectivity index (χ0) is 22.8. The number of amides is 2. The Kier molecular flexibility index (Phi) is 6.44. The van der Waals surface area contributed by atoms with Crippen molar-refractivity contribution in [2.75, 3.05) is 13.2 Å². The zero-order valence-corrected chi connectivity index (χ0v) is 19.4. The summed E-state index contributed by atoms with van der Waals surface area (Å²) in [6.07, 6.45) is 3.41. The molecule has 32 heavy (non-hydrogen) atoms. The van der Waals surface area contributed by atoms with E-state index < -0.39 is 0 Å². The van der Waals surface area contributed by atoms with Crippen molar-refractivity contribution >= 4 is 11.8 Å². The topological polar surface area (TPSA) is 81.6 Å². The van der Waals surface area contributed by atoms with Gasteiger partial charge in [0.05, 0.1) is 5.56 Å². The zero-order valence-electron chi connectivity index (χ0n) is 19.4. The molecule has 0 spiro atoms. The highest BCUT2D eigenvalue weighted by atomic mass is 16.6. The molecule has 1 aromatic carbocycles. The number of nitrogens with one attached hydrogen (secondary N) is 2. The predicted octanol–water partition coefficient (Wildman–Crippen LogP) is 3.68. The van der Waals surface area contributed by atoms with Crippen LogP contribution in [0.25, 0.3) is 5.69 Å². The molecule has 2 amide bonds. The highest BCUT2D eigenvalue weighted by Gasteiger charge is 2.29. The van der Waals surface area contributed by atoms with Gasteiger partial charge in [-0.3, -0.25) is 9.59 Å². The predicted molar refractivity (Wildman–Crippen MR) is 123 cm³/mol. The molecule has 1 aliphatic carbocycles. The van der Waals surface area contributed by atoms with Crippen LogP contribution in [0.5, 0.6) is 11.5 Å². The molecule has 4 rings (SSSR count). The largest absolute Gasteiger partial charge is 0.486 e. The molecule has 2 N–H and O–H groups in total. The summed E-state index contributed by atoms with van der Waals surface area (Å²) in [5.41, 5.74) is 3.45. The number of ether oxygens (including phenoxy) is 2. The molecule has 172 valence electrons. The average Bonchev–Trinajstić information content (AvgIpc) is 3.07. The number of aromatic nitrogens is 1. The Bertz CT molecular complexity index is 1010. The van der Waals surface area contributed by atoms with Crippen LogP contribution >= 0.6 is 0 Å². The summed E-state index contributed by atoms with van der Waals surface area (Å²) in [6, 6.07) is 7.91. The van der Waals surface area contributed by atoms with Gasteiger partial charge in [-0.2, -0.15) is 0 Å². The molecule has 1 aromatic heterocycles. The number of carbonyl (C=O) groups excluding carboxylic acids is 2. The van der Waals surface area contributed by atoms with E-state index in [2.05, 4.69) is 15.2 Å². The second-order valence-electron chi connectivity index (χ2n) is 9.15. The van der Waals surface area contributed by atoms with Crippen LogP contribution in [0.2, 0.25) is 0 Å². The van der Waals surface area contributed by atoms with Gasteiger partial charge >= 0.3 is 0 Å². The smallest absolute Gasteiger partial charge is 0.253 e. The van der Waals surface area contributed by atoms with E-state index in [4.69, 9.17) is 9.47 Å². The summed E-state index contributed by atoms with van der Waals surface area (Å²) in [5.74, 6) is 1.43. The molecule has 2 heterocycles. The van der Waals surface area contributed by atoms with Gasteiger partial charge in [-0.15, -0.1) is 0 Å². The number of rotatable bonds is 5. The van der Waals surface area contributed by atoms with Crippen LogP contribution < -0.4 is 20.1 Å². The fourth-order valence-electron chi connectivity index (χ4n) is 4.79. The molecule has 1 fully saturated rings. The Morgan fingerprint density at radius 1 is 1.06 bits per heavy atom. The number of nitrogens with zero attached hydrogens (tertiary/aromatic N) is 1. The minimum Gasteiger partial charge on any atom is -0.486 e. The number of carbonyl (C=O) groups is 2. The minimum atomic E-state index is -0.0863. The number of hydrogen-bond acceptors (Lipinski definition) is 4. The van der Waals surface area contributed by atoms with E-state index in [0.717, 1.165) is 47.8 Å². The Hall–Kier alpha value is -2.96. The maximum absolute atomic E-state index is 13.1. The molecule has 2 atom stereocenters. The van der Waals surface area contributed by atoms with Crippen molar-refractivity contribution in [3.8, 4) is 17.2 Å². The highest BCUT2D eigenvalue weighted by Crippen LogP contribution is 2.33. The van der Waals surface area contributed by atoms with Gasteiger partial charge in [-0.05, 0) is 65.2 Å². The van der Waals surface area contributed by atoms with Crippen molar-refractivity contribution in [1.82, 2.24) is 15.2 Å². The molecule has 7 heteroatoms. The second-order valence-corrected chi connectivity index (χ2v) is 9.15. The Labute approximate surface area is 189 Å². The van der Waals surface area contributed by atoms with Crippen molar-refractivity contribution in [2.24, 2.45) is 5.92 Å². The summed E-state index contributed by atoms with van der Waals surface area (Å²) >= 11 is 0. The van der Waals surface area contributed by atoms with Gasteiger partial charge in [0.2, 0.25) is 5.91 Å². The summed E-state index contributed by atoms with van der Waals surface area (Å²) in [7, 11) is 0. The van der Waals surface area contributed by atoms with Crippen LogP contribution in [0.1, 0.15) is 61.3 Å². The molecule has 1 saturated carbocycles. The van der Waals surface area contributed by atoms with Gasteiger partial charge in [-0.25, -0.2) is 0 Å². The number of hydrogen-bond donors (Lipinski definition) is 2. The molecule has 0 saturated heterocycles. The Morgan fingerprint density at radius 2 is 1.81 bits per heavy atom. The van der Waals surface area contributed by atoms with Gasteiger partial charge in [0.15, 0.2) is 11.5 Å². The summed E-state index contributed by atoms with van der Waals surface area (Å²) in [5, 5.41) is 6.18. The fraction of sp³-hybridized carbons (Fsp3) is 0.520. The van der Waals surface area contributed by atoms with Gasteiger partial charge in [0.1, 0.15) is 13.2 Å². The number of benzene rings is 1.